The van der Waals surface area contributed by atoms with E-state index in [1.165, 1.54) is 45.2 Å². The molecule has 1 amide bonds. The lowest BCUT2D eigenvalue weighted by Gasteiger charge is -2.44. The fourth-order valence-corrected chi connectivity index (χ4v) is 4.13. The Morgan fingerprint density at radius 3 is 3.12 bits per heavy atom. The van der Waals surface area contributed by atoms with E-state index in [9.17, 15) is 4.79 Å². The van der Waals surface area contributed by atoms with Crippen molar-refractivity contribution in [1.82, 2.24) is 20.4 Å². The van der Waals surface area contributed by atoms with Gasteiger partial charge in [0.2, 0.25) is 0 Å². The minimum absolute atomic E-state index is 0.114. The number of hydrogen-bond acceptors (Lipinski definition) is 4. The predicted octanol–water partition coefficient (Wildman–Crippen LogP) is 2.66. The van der Waals surface area contributed by atoms with E-state index in [1.807, 2.05) is 12.1 Å². The Hall–Kier alpha value is -2.08. The van der Waals surface area contributed by atoms with Gasteiger partial charge in [-0.1, -0.05) is 6.42 Å². The first-order valence-electron chi connectivity index (χ1n) is 8.93. The van der Waals surface area contributed by atoms with E-state index in [-0.39, 0.29) is 5.91 Å². The molecule has 24 heavy (non-hydrogen) atoms. The molecule has 0 spiro atoms. The number of piperidine rings is 2. The van der Waals surface area contributed by atoms with Crippen LogP contribution in [0, 0.1) is 5.92 Å². The Kier molecular flexibility index (Phi) is 4.38. The number of aromatic amines is 1. The summed E-state index contributed by atoms with van der Waals surface area (Å²) in [6.45, 7) is 3.19. The summed E-state index contributed by atoms with van der Waals surface area (Å²) < 4.78 is 5.32. The zero-order valence-corrected chi connectivity index (χ0v) is 13.8. The molecule has 0 radical (unpaired) electrons. The number of carbonyl (C=O) groups excluding carboxylic acids is 1. The van der Waals surface area contributed by atoms with Gasteiger partial charge in [-0.05, 0) is 56.8 Å². The highest BCUT2D eigenvalue weighted by molar-refractivity contribution is 5.93. The van der Waals surface area contributed by atoms with Crippen LogP contribution in [0.4, 0.5) is 0 Å². The van der Waals surface area contributed by atoms with Gasteiger partial charge >= 0.3 is 0 Å². The summed E-state index contributed by atoms with van der Waals surface area (Å²) in [6, 6.07) is 6.04. The van der Waals surface area contributed by atoms with Crippen LogP contribution in [0.25, 0.3) is 11.5 Å². The third-order valence-corrected chi connectivity index (χ3v) is 5.35. The first kappa shape index (κ1) is 15.4. The standard InChI is InChI=1S/C18H24N4O2/c23-18(15-11-14(20-21-15)17-7-4-10-24-17)19-12-13-5-3-9-22-8-2-1-6-16(13)22/h4,7,10-11,13,16H,1-3,5-6,8-9,12H2,(H,19,23)(H,20,21)/t13-,16-/m1/s1. The highest BCUT2D eigenvalue weighted by atomic mass is 16.3. The van der Waals surface area contributed by atoms with Crippen molar-refractivity contribution in [3.63, 3.8) is 0 Å². The van der Waals surface area contributed by atoms with Gasteiger partial charge in [0, 0.05) is 18.7 Å². The van der Waals surface area contributed by atoms with Gasteiger partial charge in [0.15, 0.2) is 11.5 Å². The lowest BCUT2D eigenvalue weighted by atomic mass is 9.83. The number of rotatable bonds is 4. The maximum atomic E-state index is 12.4. The molecule has 2 aliphatic heterocycles. The molecule has 6 nitrogen and oxygen atoms in total. The van der Waals surface area contributed by atoms with Crippen LogP contribution in [-0.2, 0) is 0 Å². The zero-order chi connectivity index (χ0) is 16.4. The third kappa shape index (κ3) is 3.11. The van der Waals surface area contributed by atoms with Gasteiger partial charge in [-0.2, -0.15) is 5.10 Å². The van der Waals surface area contributed by atoms with Gasteiger partial charge in [0.05, 0.1) is 6.26 Å². The summed E-state index contributed by atoms with van der Waals surface area (Å²) >= 11 is 0. The lowest BCUT2D eigenvalue weighted by molar-refractivity contribution is 0.0575. The van der Waals surface area contributed by atoms with Gasteiger partial charge in [-0.15, -0.1) is 0 Å². The number of amides is 1. The molecular formula is C18H24N4O2. The summed E-state index contributed by atoms with van der Waals surface area (Å²) in [5, 5.41) is 10.1. The quantitative estimate of drug-likeness (QED) is 0.905. The molecule has 2 aromatic heterocycles. The average Bonchev–Trinajstić information content (AvgIpc) is 3.30. The van der Waals surface area contributed by atoms with Crippen molar-refractivity contribution >= 4 is 5.91 Å². The Morgan fingerprint density at radius 2 is 2.25 bits per heavy atom. The van der Waals surface area contributed by atoms with Crippen molar-refractivity contribution in [1.29, 1.82) is 0 Å². The summed E-state index contributed by atoms with van der Waals surface area (Å²) in [7, 11) is 0. The van der Waals surface area contributed by atoms with Crippen molar-refractivity contribution in [2.45, 2.75) is 38.1 Å². The Labute approximate surface area is 141 Å². The van der Waals surface area contributed by atoms with Crippen molar-refractivity contribution in [2.75, 3.05) is 19.6 Å². The Balaban J connectivity index is 1.36. The van der Waals surface area contributed by atoms with E-state index >= 15 is 0 Å². The molecule has 2 atom stereocenters. The van der Waals surface area contributed by atoms with Crippen molar-refractivity contribution in [3.8, 4) is 11.5 Å². The molecular weight excluding hydrogens is 304 g/mol. The molecule has 0 bridgehead atoms. The number of fused-ring (bicyclic) bond motifs is 1. The van der Waals surface area contributed by atoms with Crippen LogP contribution in [0.3, 0.4) is 0 Å². The largest absolute Gasteiger partial charge is 0.463 e. The van der Waals surface area contributed by atoms with Crippen molar-refractivity contribution in [3.05, 3.63) is 30.2 Å². The number of furan rings is 1. The van der Waals surface area contributed by atoms with Crippen LogP contribution in [-0.4, -0.2) is 46.7 Å². The number of nitrogens with one attached hydrogen (secondary N) is 2. The van der Waals surface area contributed by atoms with Crippen molar-refractivity contribution in [2.24, 2.45) is 5.92 Å². The molecule has 128 valence electrons. The predicted molar refractivity (Wildman–Crippen MR) is 90.6 cm³/mol. The summed E-state index contributed by atoms with van der Waals surface area (Å²) in [5.74, 6) is 1.13. The first-order chi connectivity index (χ1) is 11.8. The zero-order valence-electron chi connectivity index (χ0n) is 13.8. The number of aromatic nitrogens is 2. The molecule has 2 aliphatic rings. The third-order valence-electron chi connectivity index (χ3n) is 5.35. The van der Waals surface area contributed by atoms with E-state index in [0.717, 1.165) is 12.2 Å². The van der Waals surface area contributed by atoms with Gasteiger partial charge in [-0.3, -0.25) is 9.89 Å². The maximum absolute atomic E-state index is 12.4. The maximum Gasteiger partial charge on any atom is 0.271 e. The number of H-pyrrole nitrogens is 1. The smallest absolute Gasteiger partial charge is 0.271 e. The van der Waals surface area contributed by atoms with Crippen LogP contribution >= 0.6 is 0 Å². The van der Waals surface area contributed by atoms with E-state index in [1.54, 1.807) is 12.3 Å². The monoisotopic (exact) mass is 328 g/mol. The minimum Gasteiger partial charge on any atom is -0.463 e. The second kappa shape index (κ2) is 6.81. The average molecular weight is 328 g/mol. The van der Waals surface area contributed by atoms with E-state index in [4.69, 9.17) is 4.42 Å². The Morgan fingerprint density at radius 1 is 1.33 bits per heavy atom. The lowest BCUT2D eigenvalue weighted by Crippen LogP contribution is -2.51. The first-order valence-corrected chi connectivity index (χ1v) is 8.93. The second-order valence-electron chi connectivity index (χ2n) is 6.86. The molecule has 2 N–H and O–H groups in total. The van der Waals surface area contributed by atoms with Crippen LogP contribution in [0.2, 0.25) is 0 Å². The van der Waals surface area contributed by atoms with E-state index in [0.29, 0.717) is 23.4 Å². The Bertz CT molecular complexity index is 677. The van der Waals surface area contributed by atoms with Gasteiger partial charge < -0.3 is 14.6 Å². The van der Waals surface area contributed by atoms with E-state index in [2.05, 4.69) is 20.4 Å². The number of hydrogen-bond donors (Lipinski definition) is 2. The fourth-order valence-electron chi connectivity index (χ4n) is 4.13. The highest BCUT2D eigenvalue weighted by Crippen LogP contribution is 2.30. The SMILES string of the molecule is O=C(NC[C@H]1CCCN2CCCC[C@H]12)c1cc(-c2ccco2)[nH]n1. The molecule has 2 aromatic rings. The summed E-state index contributed by atoms with van der Waals surface area (Å²) in [6.07, 6.45) is 7.96. The molecule has 2 saturated heterocycles. The summed E-state index contributed by atoms with van der Waals surface area (Å²) in [5.41, 5.74) is 1.14. The van der Waals surface area contributed by atoms with Crippen LogP contribution in [0.15, 0.2) is 28.9 Å². The molecule has 4 rings (SSSR count). The molecule has 0 unspecified atom stereocenters. The fraction of sp³-hybridized carbons (Fsp3) is 0.556. The molecule has 0 aliphatic carbocycles. The van der Waals surface area contributed by atoms with Gasteiger partial charge in [0.25, 0.3) is 5.91 Å². The second-order valence-corrected chi connectivity index (χ2v) is 6.86. The molecule has 0 aromatic carbocycles. The number of nitrogens with zero attached hydrogens (tertiary/aromatic N) is 2. The van der Waals surface area contributed by atoms with Crippen LogP contribution in [0.1, 0.15) is 42.6 Å². The molecule has 6 heteroatoms. The van der Waals surface area contributed by atoms with Crippen LogP contribution in [0.5, 0.6) is 0 Å². The van der Waals surface area contributed by atoms with Gasteiger partial charge in [-0.25, -0.2) is 0 Å². The van der Waals surface area contributed by atoms with Gasteiger partial charge in [0.1, 0.15) is 5.69 Å². The summed E-state index contributed by atoms with van der Waals surface area (Å²) in [4.78, 5) is 15.0. The molecule has 0 saturated carbocycles. The molecule has 2 fully saturated rings. The van der Waals surface area contributed by atoms with Crippen LogP contribution < -0.4 is 5.32 Å². The van der Waals surface area contributed by atoms with E-state index < -0.39 is 0 Å². The highest BCUT2D eigenvalue weighted by Gasteiger charge is 2.33. The normalized spacial score (nSPS) is 24.5. The molecule has 4 heterocycles. The minimum atomic E-state index is -0.114. The topological polar surface area (TPSA) is 74.2 Å². The number of carbonyl (C=O) groups is 1. The van der Waals surface area contributed by atoms with Crippen molar-refractivity contribution < 1.29 is 9.21 Å².